The Kier molecular flexibility index (Phi) is 3.01. The van der Waals surface area contributed by atoms with E-state index in [0.29, 0.717) is 17.7 Å². The molecule has 0 bridgehead atoms. The Morgan fingerprint density at radius 3 is 2.83 bits per heavy atom. The molecule has 0 aliphatic heterocycles. The molecule has 1 aliphatic carbocycles. The summed E-state index contributed by atoms with van der Waals surface area (Å²) in [5.41, 5.74) is 9.54. The molecule has 1 aliphatic rings. The van der Waals surface area contributed by atoms with Gasteiger partial charge in [0, 0.05) is 15.9 Å². The van der Waals surface area contributed by atoms with Gasteiger partial charge in [-0.1, -0.05) is 19.0 Å². The van der Waals surface area contributed by atoms with E-state index < -0.39 is 5.41 Å². The number of rotatable bonds is 2. The van der Waals surface area contributed by atoms with Crippen LogP contribution in [0.3, 0.4) is 0 Å². The number of hydrogen-bond donors (Lipinski definition) is 0. The molecule has 0 saturated carbocycles. The zero-order chi connectivity index (χ0) is 13.3. The number of carbonyl (C=O) groups is 1. The Bertz CT molecular complexity index is 545. The molecule has 94 valence electrons. The second-order valence-corrected chi connectivity index (χ2v) is 5.09. The summed E-state index contributed by atoms with van der Waals surface area (Å²) in [6, 6.07) is 4.97. The van der Waals surface area contributed by atoms with Gasteiger partial charge in [0.2, 0.25) is 0 Å². The quantitative estimate of drug-likeness (QED) is 0.453. The standard InChI is InChI=1S/C13H15N3O2/c1-13(2)7-11(15-16-14)10-6-8(18-3)4-5-9(10)12(13)17/h4-6,11H,7H2,1-3H3. The monoisotopic (exact) mass is 245 g/mol. The van der Waals surface area contributed by atoms with Crippen LogP contribution in [-0.4, -0.2) is 12.9 Å². The zero-order valence-corrected chi connectivity index (χ0v) is 10.7. The first-order valence-corrected chi connectivity index (χ1v) is 5.76. The molecule has 1 aromatic rings. The molecule has 5 heteroatoms. The fourth-order valence-corrected chi connectivity index (χ4v) is 2.37. The van der Waals surface area contributed by atoms with Crippen LogP contribution < -0.4 is 4.74 Å². The highest BCUT2D eigenvalue weighted by Gasteiger charge is 2.39. The van der Waals surface area contributed by atoms with Crippen molar-refractivity contribution in [3.8, 4) is 5.75 Å². The fraction of sp³-hybridized carbons (Fsp3) is 0.462. The van der Waals surface area contributed by atoms with Gasteiger partial charge in [-0.25, -0.2) is 0 Å². The minimum atomic E-state index is -0.500. The number of fused-ring (bicyclic) bond motifs is 1. The number of hydrogen-bond acceptors (Lipinski definition) is 3. The Balaban J connectivity index is 2.60. The Labute approximate surface area is 105 Å². The number of Topliss-reactive ketones (excluding diaryl/α,β-unsaturated/α-hetero) is 1. The van der Waals surface area contributed by atoms with Crippen molar-refractivity contribution in [2.24, 2.45) is 10.5 Å². The van der Waals surface area contributed by atoms with Gasteiger partial charge in [0.15, 0.2) is 5.78 Å². The van der Waals surface area contributed by atoms with E-state index in [1.54, 1.807) is 25.3 Å². The smallest absolute Gasteiger partial charge is 0.168 e. The molecular weight excluding hydrogens is 230 g/mol. The lowest BCUT2D eigenvalue weighted by atomic mass is 9.71. The molecule has 5 nitrogen and oxygen atoms in total. The van der Waals surface area contributed by atoms with Crippen molar-refractivity contribution in [3.05, 3.63) is 39.8 Å². The van der Waals surface area contributed by atoms with Gasteiger partial charge in [-0.15, -0.1) is 0 Å². The van der Waals surface area contributed by atoms with Gasteiger partial charge in [0.1, 0.15) is 5.75 Å². The average Bonchev–Trinajstić information content (AvgIpc) is 2.35. The van der Waals surface area contributed by atoms with E-state index in [9.17, 15) is 4.79 Å². The molecule has 1 atom stereocenters. The molecule has 0 aromatic heterocycles. The van der Waals surface area contributed by atoms with Gasteiger partial charge >= 0.3 is 0 Å². The van der Waals surface area contributed by atoms with Crippen molar-refractivity contribution in [2.45, 2.75) is 26.3 Å². The first-order valence-electron chi connectivity index (χ1n) is 5.76. The zero-order valence-electron chi connectivity index (χ0n) is 10.7. The number of nitrogens with zero attached hydrogens (tertiary/aromatic N) is 3. The van der Waals surface area contributed by atoms with E-state index in [1.807, 2.05) is 13.8 Å². The van der Waals surface area contributed by atoms with Crippen LogP contribution in [0.4, 0.5) is 0 Å². The summed E-state index contributed by atoms with van der Waals surface area (Å²) in [5.74, 6) is 0.754. The normalized spacial score (nSPS) is 20.8. The largest absolute Gasteiger partial charge is 0.497 e. The predicted octanol–water partition coefficient (Wildman–Crippen LogP) is 3.66. The molecule has 0 amide bonds. The highest BCUT2D eigenvalue weighted by atomic mass is 16.5. The van der Waals surface area contributed by atoms with Crippen LogP contribution in [0.2, 0.25) is 0 Å². The van der Waals surface area contributed by atoms with E-state index in [0.717, 1.165) is 5.56 Å². The first kappa shape index (κ1) is 12.5. The molecular formula is C13H15N3O2. The summed E-state index contributed by atoms with van der Waals surface area (Å²) in [7, 11) is 1.57. The molecule has 0 spiro atoms. The molecule has 0 radical (unpaired) electrons. The third kappa shape index (κ3) is 1.93. The van der Waals surface area contributed by atoms with Gasteiger partial charge in [-0.05, 0) is 35.7 Å². The van der Waals surface area contributed by atoms with Crippen molar-refractivity contribution in [1.82, 2.24) is 0 Å². The Morgan fingerprint density at radius 2 is 2.22 bits per heavy atom. The van der Waals surface area contributed by atoms with Crippen molar-refractivity contribution in [1.29, 1.82) is 0 Å². The molecule has 0 N–H and O–H groups in total. The van der Waals surface area contributed by atoms with Gasteiger partial charge in [0.05, 0.1) is 13.2 Å². The molecule has 0 saturated heterocycles. The van der Waals surface area contributed by atoms with Gasteiger partial charge in [0.25, 0.3) is 0 Å². The van der Waals surface area contributed by atoms with E-state index >= 15 is 0 Å². The van der Waals surface area contributed by atoms with Gasteiger partial charge in [-0.2, -0.15) is 0 Å². The minimum absolute atomic E-state index is 0.0875. The molecule has 18 heavy (non-hydrogen) atoms. The van der Waals surface area contributed by atoms with Crippen molar-refractivity contribution >= 4 is 5.78 Å². The number of carbonyl (C=O) groups excluding carboxylic acids is 1. The summed E-state index contributed by atoms with van der Waals surface area (Å²) in [6.07, 6.45) is 0.524. The lowest BCUT2D eigenvalue weighted by Gasteiger charge is -2.33. The molecule has 0 fully saturated rings. The Morgan fingerprint density at radius 1 is 1.50 bits per heavy atom. The topological polar surface area (TPSA) is 75.1 Å². The number of ketones is 1. The second-order valence-electron chi connectivity index (χ2n) is 5.09. The van der Waals surface area contributed by atoms with Crippen molar-refractivity contribution in [3.63, 3.8) is 0 Å². The maximum absolute atomic E-state index is 12.3. The van der Waals surface area contributed by atoms with Crippen LogP contribution in [0.1, 0.15) is 42.2 Å². The fourth-order valence-electron chi connectivity index (χ4n) is 2.37. The van der Waals surface area contributed by atoms with Crippen LogP contribution in [0, 0.1) is 5.41 Å². The molecule has 1 aromatic carbocycles. The third-order valence-electron chi connectivity index (χ3n) is 3.37. The van der Waals surface area contributed by atoms with E-state index in [4.69, 9.17) is 10.3 Å². The highest BCUT2D eigenvalue weighted by Crippen LogP contribution is 2.43. The summed E-state index contributed by atoms with van der Waals surface area (Å²) < 4.78 is 5.15. The summed E-state index contributed by atoms with van der Waals surface area (Å²) in [6.45, 7) is 3.75. The summed E-state index contributed by atoms with van der Waals surface area (Å²) in [4.78, 5) is 15.2. The number of methoxy groups -OCH3 is 1. The van der Waals surface area contributed by atoms with Crippen LogP contribution in [-0.2, 0) is 0 Å². The third-order valence-corrected chi connectivity index (χ3v) is 3.37. The van der Waals surface area contributed by atoms with E-state index in [1.165, 1.54) is 0 Å². The molecule has 0 heterocycles. The van der Waals surface area contributed by atoms with Crippen LogP contribution in [0.25, 0.3) is 10.4 Å². The highest BCUT2D eigenvalue weighted by molar-refractivity contribution is 6.02. The summed E-state index contributed by atoms with van der Waals surface area (Å²) in [5, 5.41) is 3.80. The number of ether oxygens (including phenoxy) is 1. The SMILES string of the molecule is COc1ccc2c(c1)C(N=[N+]=[N-])CC(C)(C)C2=O. The molecule has 2 rings (SSSR count). The number of benzene rings is 1. The number of azide groups is 1. The lowest BCUT2D eigenvalue weighted by molar-refractivity contribution is 0.0795. The first-order chi connectivity index (χ1) is 8.49. The molecule has 1 unspecified atom stereocenters. The van der Waals surface area contributed by atoms with E-state index in [-0.39, 0.29) is 11.8 Å². The predicted molar refractivity (Wildman–Crippen MR) is 67.6 cm³/mol. The van der Waals surface area contributed by atoms with Crippen LogP contribution in [0.15, 0.2) is 23.3 Å². The minimum Gasteiger partial charge on any atom is -0.497 e. The summed E-state index contributed by atoms with van der Waals surface area (Å²) >= 11 is 0. The maximum Gasteiger partial charge on any atom is 0.168 e. The van der Waals surface area contributed by atoms with Crippen molar-refractivity contribution < 1.29 is 9.53 Å². The van der Waals surface area contributed by atoms with Gasteiger partial charge < -0.3 is 4.74 Å². The average molecular weight is 245 g/mol. The maximum atomic E-state index is 12.3. The van der Waals surface area contributed by atoms with Crippen molar-refractivity contribution in [2.75, 3.05) is 7.11 Å². The lowest BCUT2D eigenvalue weighted by Crippen LogP contribution is -2.32. The van der Waals surface area contributed by atoms with Crippen LogP contribution >= 0.6 is 0 Å². The van der Waals surface area contributed by atoms with Crippen LogP contribution in [0.5, 0.6) is 5.75 Å². The second kappa shape index (κ2) is 4.35. The van der Waals surface area contributed by atoms with E-state index in [2.05, 4.69) is 10.0 Å². The van der Waals surface area contributed by atoms with Gasteiger partial charge in [-0.3, -0.25) is 4.79 Å². The Hall–Kier alpha value is -2.00.